The Morgan fingerprint density at radius 2 is 1.69 bits per heavy atom. The summed E-state index contributed by atoms with van der Waals surface area (Å²) in [5, 5.41) is 0. The molecule has 0 amide bonds. The fourth-order valence-corrected chi connectivity index (χ4v) is 3.66. The Hall–Kier alpha value is -0.0800. The van der Waals surface area contributed by atoms with E-state index in [-0.39, 0.29) is 0 Å². The first-order chi connectivity index (χ1) is 7.81. The molecule has 2 fully saturated rings. The first-order valence-corrected chi connectivity index (χ1v) is 7.31. The van der Waals surface area contributed by atoms with E-state index in [4.69, 9.17) is 5.73 Å². The van der Waals surface area contributed by atoms with Gasteiger partial charge in [0.05, 0.1) is 0 Å². The average molecular weight is 224 g/mol. The second-order valence-corrected chi connectivity index (χ2v) is 5.75. The van der Waals surface area contributed by atoms with Crippen LogP contribution in [0.1, 0.15) is 58.3 Å². The van der Waals surface area contributed by atoms with Crippen molar-refractivity contribution in [2.75, 3.05) is 13.1 Å². The van der Waals surface area contributed by atoms with Crippen molar-refractivity contribution < 1.29 is 0 Å². The highest BCUT2D eigenvalue weighted by Crippen LogP contribution is 2.31. The lowest BCUT2D eigenvalue weighted by molar-refractivity contribution is 0.0881. The third-order valence-electron chi connectivity index (χ3n) is 4.66. The van der Waals surface area contributed by atoms with Crippen LogP contribution in [0.25, 0.3) is 0 Å². The van der Waals surface area contributed by atoms with Gasteiger partial charge in [-0.15, -0.1) is 0 Å². The molecule has 2 rings (SSSR count). The molecule has 1 saturated heterocycles. The lowest BCUT2D eigenvalue weighted by Gasteiger charge is -2.41. The van der Waals surface area contributed by atoms with Gasteiger partial charge in [-0.2, -0.15) is 0 Å². The molecular weight excluding hydrogens is 196 g/mol. The Morgan fingerprint density at radius 1 is 1.06 bits per heavy atom. The summed E-state index contributed by atoms with van der Waals surface area (Å²) in [5.41, 5.74) is 5.99. The van der Waals surface area contributed by atoms with Crippen LogP contribution in [0.3, 0.4) is 0 Å². The third kappa shape index (κ3) is 2.98. The van der Waals surface area contributed by atoms with Gasteiger partial charge in [-0.05, 0) is 51.1 Å². The van der Waals surface area contributed by atoms with Gasteiger partial charge in [0.2, 0.25) is 0 Å². The van der Waals surface area contributed by atoms with Crippen LogP contribution < -0.4 is 5.73 Å². The Balaban J connectivity index is 1.88. The smallest absolute Gasteiger partial charge is 0.0121 e. The Kier molecular flexibility index (Phi) is 4.66. The van der Waals surface area contributed by atoms with E-state index in [0.717, 1.165) is 12.0 Å². The van der Waals surface area contributed by atoms with Gasteiger partial charge in [0, 0.05) is 12.1 Å². The van der Waals surface area contributed by atoms with E-state index in [1.807, 2.05) is 0 Å². The zero-order chi connectivity index (χ0) is 11.4. The molecule has 16 heavy (non-hydrogen) atoms. The molecule has 2 heteroatoms. The molecule has 94 valence electrons. The normalized spacial score (nSPS) is 28.1. The highest BCUT2D eigenvalue weighted by Gasteiger charge is 2.29. The molecule has 1 aliphatic carbocycles. The Morgan fingerprint density at radius 3 is 2.25 bits per heavy atom. The quantitative estimate of drug-likeness (QED) is 0.798. The van der Waals surface area contributed by atoms with E-state index in [1.165, 1.54) is 64.5 Å². The molecule has 1 unspecified atom stereocenters. The minimum Gasteiger partial charge on any atom is -0.328 e. The summed E-state index contributed by atoms with van der Waals surface area (Å²) in [7, 11) is 0. The van der Waals surface area contributed by atoms with E-state index in [0.29, 0.717) is 6.04 Å². The van der Waals surface area contributed by atoms with Gasteiger partial charge >= 0.3 is 0 Å². The van der Waals surface area contributed by atoms with Gasteiger partial charge in [-0.3, -0.25) is 0 Å². The zero-order valence-electron chi connectivity index (χ0n) is 10.8. The molecule has 2 nitrogen and oxygen atoms in total. The molecule has 0 bridgehead atoms. The van der Waals surface area contributed by atoms with E-state index >= 15 is 0 Å². The molecule has 0 spiro atoms. The highest BCUT2D eigenvalue weighted by molar-refractivity contribution is 4.84. The van der Waals surface area contributed by atoms with Crippen LogP contribution >= 0.6 is 0 Å². The summed E-state index contributed by atoms with van der Waals surface area (Å²) < 4.78 is 0. The largest absolute Gasteiger partial charge is 0.328 e. The number of piperidine rings is 1. The first-order valence-electron chi connectivity index (χ1n) is 7.31. The van der Waals surface area contributed by atoms with E-state index < -0.39 is 0 Å². The number of hydrogen-bond donors (Lipinski definition) is 1. The van der Waals surface area contributed by atoms with Crippen molar-refractivity contribution in [2.45, 2.75) is 70.4 Å². The maximum Gasteiger partial charge on any atom is 0.0121 e. The molecular formula is C14H28N2. The summed E-state index contributed by atoms with van der Waals surface area (Å²) >= 11 is 0. The third-order valence-corrected chi connectivity index (χ3v) is 4.66. The molecule has 1 heterocycles. The van der Waals surface area contributed by atoms with Crippen molar-refractivity contribution in [3.8, 4) is 0 Å². The summed E-state index contributed by atoms with van der Waals surface area (Å²) in [4.78, 5) is 2.74. The maximum absolute atomic E-state index is 5.99. The van der Waals surface area contributed by atoms with Crippen LogP contribution in [-0.4, -0.2) is 30.1 Å². The van der Waals surface area contributed by atoms with Crippen molar-refractivity contribution in [1.82, 2.24) is 4.90 Å². The van der Waals surface area contributed by atoms with Crippen LogP contribution in [0.4, 0.5) is 0 Å². The van der Waals surface area contributed by atoms with Crippen LogP contribution in [0.15, 0.2) is 0 Å². The zero-order valence-corrected chi connectivity index (χ0v) is 10.8. The topological polar surface area (TPSA) is 29.3 Å². The van der Waals surface area contributed by atoms with Crippen molar-refractivity contribution in [1.29, 1.82) is 0 Å². The number of rotatable bonds is 3. The van der Waals surface area contributed by atoms with Gasteiger partial charge in [-0.25, -0.2) is 0 Å². The fourth-order valence-electron chi connectivity index (χ4n) is 3.66. The molecule has 0 aromatic rings. The highest BCUT2D eigenvalue weighted by atomic mass is 15.2. The molecule has 0 aromatic carbocycles. The minimum atomic E-state index is 0.472. The van der Waals surface area contributed by atoms with Crippen LogP contribution in [-0.2, 0) is 0 Å². The molecule has 0 radical (unpaired) electrons. The second-order valence-electron chi connectivity index (χ2n) is 5.75. The molecule has 2 N–H and O–H groups in total. The van der Waals surface area contributed by atoms with Crippen LogP contribution in [0, 0.1) is 5.92 Å². The van der Waals surface area contributed by atoms with Gasteiger partial charge in [0.1, 0.15) is 0 Å². The average Bonchev–Trinajstić information content (AvgIpc) is 2.34. The van der Waals surface area contributed by atoms with Crippen LogP contribution in [0.2, 0.25) is 0 Å². The number of hydrogen-bond acceptors (Lipinski definition) is 2. The number of nitrogens with two attached hydrogens (primary N) is 1. The van der Waals surface area contributed by atoms with Crippen molar-refractivity contribution in [3.05, 3.63) is 0 Å². The molecule has 1 aliphatic heterocycles. The fraction of sp³-hybridized carbons (Fsp3) is 1.00. The predicted octanol–water partition coefficient (Wildman–Crippen LogP) is 2.77. The first kappa shape index (κ1) is 12.4. The van der Waals surface area contributed by atoms with Gasteiger partial charge < -0.3 is 10.6 Å². The van der Waals surface area contributed by atoms with E-state index in [2.05, 4.69) is 11.8 Å². The van der Waals surface area contributed by atoms with Gasteiger partial charge in [0.25, 0.3) is 0 Å². The summed E-state index contributed by atoms with van der Waals surface area (Å²) in [6.07, 6.45) is 11.1. The Bertz CT molecular complexity index is 191. The molecule has 1 atom stereocenters. The summed E-state index contributed by atoms with van der Waals surface area (Å²) in [6.45, 7) is 4.86. The molecule has 2 aliphatic rings. The summed E-state index contributed by atoms with van der Waals surface area (Å²) in [5.74, 6) is 0.980. The van der Waals surface area contributed by atoms with Crippen molar-refractivity contribution in [3.63, 3.8) is 0 Å². The standard InChI is InChI=1S/C14H28N2/c1-2-14(12-6-4-3-5-7-12)16-10-8-13(15)9-11-16/h12-14H,2-11,15H2,1H3. The summed E-state index contributed by atoms with van der Waals surface area (Å²) in [6, 6.07) is 1.33. The monoisotopic (exact) mass is 224 g/mol. The number of likely N-dealkylation sites (tertiary alicyclic amines) is 1. The predicted molar refractivity (Wildman–Crippen MR) is 69.4 cm³/mol. The lowest BCUT2D eigenvalue weighted by Crippen LogP contribution is -2.48. The van der Waals surface area contributed by atoms with Crippen molar-refractivity contribution in [2.24, 2.45) is 11.7 Å². The second kappa shape index (κ2) is 6.02. The SMILES string of the molecule is CCC(C1CCCCC1)N1CCC(N)CC1. The van der Waals surface area contributed by atoms with Gasteiger partial charge in [-0.1, -0.05) is 26.2 Å². The van der Waals surface area contributed by atoms with E-state index in [9.17, 15) is 0 Å². The minimum absolute atomic E-state index is 0.472. The van der Waals surface area contributed by atoms with Gasteiger partial charge in [0.15, 0.2) is 0 Å². The Labute approximate surface area is 101 Å². The lowest BCUT2D eigenvalue weighted by atomic mass is 9.81. The van der Waals surface area contributed by atoms with Crippen LogP contribution in [0.5, 0.6) is 0 Å². The van der Waals surface area contributed by atoms with Crippen molar-refractivity contribution >= 4 is 0 Å². The maximum atomic E-state index is 5.99. The number of nitrogens with zero attached hydrogens (tertiary/aromatic N) is 1. The molecule has 0 aromatic heterocycles. The molecule has 1 saturated carbocycles. The van der Waals surface area contributed by atoms with E-state index in [1.54, 1.807) is 0 Å².